The summed E-state index contributed by atoms with van der Waals surface area (Å²) in [6, 6.07) is 16.2. The fraction of sp³-hybridized carbons (Fsp3) is 0.217. The van der Waals surface area contributed by atoms with E-state index >= 15 is 0 Å². The van der Waals surface area contributed by atoms with Crippen molar-refractivity contribution in [3.05, 3.63) is 77.4 Å². The minimum atomic E-state index is -4.61. The number of para-hydroxylation sites is 1. The predicted octanol–water partition coefficient (Wildman–Crippen LogP) is 6.00. The average Bonchev–Trinajstić information content (AvgIpc) is 2.72. The Labute approximate surface area is 166 Å². The molecule has 1 heterocycles. The van der Waals surface area contributed by atoms with Crippen LogP contribution in [-0.4, -0.2) is 18.8 Å². The second kappa shape index (κ2) is 7.35. The third-order valence-corrected chi connectivity index (χ3v) is 5.19. The number of phenolic OH excluding ortho intramolecular Hbond substituents is 1. The van der Waals surface area contributed by atoms with Crippen LogP contribution in [0.4, 0.5) is 13.2 Å². The summed E-state index contributed by atoms with van der Waals surface area (Å²) < 4.78 is 53.5. The summed E-state index contributed by atoms with van der Waals surface area (Å²) in [7, 11) is 1.26. The number of aromatic hydroxyl groups is 1. The first-order chi connectivity index (χ1) is 13.9. The fourth-order valence-electron chi connectivity index (χ4n) is 3.92. The summed E-state index contributed by atoms with van der Waals surface area (Å²) in [5.41, 5.74) is 0.888. The Kier molecular flexibility index (Phi) is 4.86. The molecule has 1 aliphatic heterocycles. The van der Waals surface area contributed by atoms with E-state index in [0.717, 1.165) is 5.56 Å². The summed E-state index contributed by atoms with van der Waals surface area (Å²) >= 11 is 0. The van der Waals surface area contributed by atoms with Gasteiger partial charge in [-0.25, -0.2) is 0 Å². The lowest BCUT2D eigenvalue weighted by molar-refractivity contribution is -0.138. The number of ether oxygens (including phenoxy) is 2. The summed E-state index contributed by atoms with van der Waals surface area (Å²) in [6.45, 7) is 0.423. The molecule has 1 N–H and O–H groups in total. The molecule has 150 valence electrons. The maximum atomic E-state index is 14.1. The van der Waals surface area contributed by atoms with E-state index in [2.05, 4.69) is 0 Å². The van der Waals surface area contributed by atoms with Gasteiger partial charge in [-0.1, -0.05) is 42.5 Å². The zero-order valence-corrected chi connectivity index (χ0v) is 15.7. The summed E-state index contributed by atoms with van der Waals surface area (Å²) in [5, 5.41) is 9.48. The van der Waals surface area contributed by atoms with E-state index in [1.807, 2.05) is 24.3 Å². The van der Waals surface area contributed by atoms with Crippen molar-refractivity contribution < 1.29 is 27.8 Å². The Hall–Kier alpha value is -3.15. The lowest BCUT2D eigenvalue weighted by atomic mass is 9.83. The van der Waals surface area contributed by atoms with Gasteiger partial charge in [0.25, 0.3) is 0 Å². The average molecular weight is 400 g/mol. The number of hydrogen-bond donors (Lipinski definition) is 1. The molecule has 0 spiro atoms. The molecule has 0 saturated heterocycles. The molecule has 3 nitrogen and oxygen atoms in total. The Morgan fingerprint density at radius 1 is 0.966 bits per heavy atom. The number of rotatable bonds is 3. The Bertz CT molecular complexity index is 1030. The number of phenols is 1. The van der Waals surface area contributed by atoms with Crippen LogP contribution in [0.3, 0.4) is 0 Å². The van der Waals surface area contributed by atoms with Crippen molar-refractivity contribution in [2.24, 2.45) is 0 Å². The molecule has 3 aromatic rings. The second-order valence-corrected chi connectivity index (χ2v) is 6.88. The lowest BCUT2D eigenvalue weighted by Gasteiger charge is -2.29. The topological polar surface area (TPSA) is 38.7 Å². The smallest absolute Gasteiger partial charge is 0.420 e. The third-order valence-electron chi connectivity index (χ3n) is 5.19. The number of halogens is 3. The summed E-state index contributed by atoms with van der Waals surface area (Å²) in [4.78, 5) is 0. The van der Waals surface area contributed by atoms with Gasteiger partial charge in [0.2, 0.25) is 0 Å². The Balaban J connectivity index is 1.93. The maximum absolute atomic E-state index is 14.1. The largest absolute Gasteiger partial charge is 0.508 e. The van der Waals surface area contributed by atoms with E-state index in [9.17, 15) is 18.3 Å². The molecule has 0 saturated carbocycles. The van der Waals surface area contributed by atoms with Crippen LogP contribution in [0.1, 0.15) is 29.0 Å². The number of alkyl halides is 3. The van der Waals surface area contributed by atoms with Gasteiger partial charge in [-0.3, -0.25) is 0 Å². The van der Waals surface area contributed by atoms with E-state index in [1.165, 1.54) is 37.4 Å². The van der Waals surface area contributed by atoms with E-state index < -0.39 is 11.7 Å². The number of methoxy groups -OCH3 is 1. The number of fused-ring (bicyclic) bond motifs is 1. The van der Waals surface area contributed by atoms with Crippen molar-refractivity contribution in [3.63, 3.8) is 0 Å². The first kappa shape index (κ1) is 19.2. The van der Waals surface area contributed by atoms with E-state index in [1.54, 1.807) is 6.07 Å². The van der Waals surface area contributed by atoms with Crippen LogP contribution in [0.2, 0.25) is 0 Å². The minimum absolute atomic E-state index is 0.00953. The Morgan fingerprint density at radius 3 is 2.38 bits per heavy atom. The van der Waals surface area contributed by atoms with Gasteiger partial charge in [0, 0.05) is 17.0 Å². The van der Waals surface area contributed by atoms with Gasteiger partial charge in [-0.15, -0.1) is 0 Å². The van der Waals surface area contributed by atoms with Gasteiger partial charge in [-0.05, 0) is 35.7 Å². The molecule has 3 aromatic carbocycles. The highest BCUT2D eigenvalue weighted by atomic mass is 19.4. The summed E-state index contributed by atoms with van der Waals surface area (Å²) in [6.07, 6.45) is -4.05. The number of benzene rings is 3. The monoisotopic (exact) mass is 400 g/mol. The normalized spacial score (nSPS) is 16.1. The molecule has 0 aliphatic carbocycles. The molecule has 0 radical (unpaired) electrons. The molecule has 6 heteroatoms. The molecule has 29 heavy (non-hydrogen) atoms. The molecule has 0 bridgehead atoms. The highest BCUT2D eigenvalue weighted by Crippen LogP contribution is 2.49. The van der Waals surface area contributed by atoms with Gasteiger partial charge >= 0.3 is 6.18 Å². The van der Waals surface area contributed by atoms with Crippen LogP contribution in [-0.2, 0) is 6.18 Å². The van der Waals surface area contributed by atoms with Crippen LogP contribution in [0.15, 0.2) is 60.7 Å². The molecule has 0 fully saturated rings. The van der Waals surface area contributed by atoms with E-state index in [4.69, 9.17) is 9.47 Å². The zero-order valence-electron chi connectivity index (χ0n) is 15.7. The van der Waals surface area contributed by atoms with Crippen molar-refractivity contribution >= 4 is 0 Å². The molecule has 0 amide bonds. The second-order valence-electron chi connectivity index (χ2n) is 6.88. The molecular weight excluding hydrogens is 381 g/mol. The molecule has 0 aromatic heterocycles. The predicted molar refractivity (Wildman–Crippen MR) is 103 cm³/mol. The van der Waals surface area contributed by atoms with Gasteiger partial charge in [0.15, 0.2) is 0 Å². The van der Waals surface area contributed by atoms with Gasteiger partial charge in [0.05, 0.1) is 13.7 Å². The van der Waals surface area contributed by atoms with Gasteiger partial charge in [-0.2, -0.15) is 13.2 Å². The van der Waals surface area contributed by atoms with Gasteiger partial charge in [0.1, 0.15) is 22.8 Å². The van der Waals surface area contributed by atoms with Crippen molar-refractivity contribution in [1.29, 1.82) is 0 Å². The Morgan fingerprint density at radius 2 is 1.69 bits per heavy atom. The first-order valence-electron chi connectivity index (χ1n) is 9.19. The minimum Gasteiger partial charge on any atom is -0.508 e. The van der Waals surface area contributed by atoms with Crippen molar-refractivity contribution in [2.45, 2.75) is 18.5 Å². The molecule has 1 aliphatic rings. The first-order valence-corrected chi connectivity index (χ1v) is 9.19. The van der Waals surface area contributed by atoms with Crippen molar-refractivity contribution in [3.8, 4) is 28.4 Å². The number of hydrogen-bond acceptors (Lipinski definition) is 3. The lowest BCUT2D eigenvalue weighted by Crippen LogP contribution is -2.18. The van der Waals surface area contributed by atoms with Crippen molar-refractivity contribution in [2.75, 3.05) is 13.7 Å². The summed E-state index contributed by atoms with van der Waals surface area (Å²) in [5.74, 6) is 0.237. The molecule has 4 rings (SSSR count). The molecule has 1 atom stereocenters. The third kappa shape index (κ3) is 3.50. The standard InChI is InChI=1S/C23H19F3O3/c1-28-22-19(17-12-13-29-20-5-3-2-4-18(17)20)11-10-16(21(22)23(24,25)26)14-6-8-15(27)9-7-14/h2-11,17,27H,12-13H2,1H3. The highest BCUT2D eigenvalue weighted by Gasteiger charge is 2.40. The van der Waals surface area contributed by atoms with E-state index in [-0.39, 0.29) is 23.0 Å². The van der Waals surface area contributed by atoms with Crippen LogP contribution < -0.4 is 9.47 Å². The van der Waals surface area contributed by atoms with Crippen LogP contribution in [0.25, 0.3) is 11.1 Å². The zero-order chi connectivity index (χ0) is 20.6. The highest BCUT2D eigenvalue weighted by molar-refractivity contribution is 5.73. The van der Waals surface area contributed by atoms with Crippen LogP contribution >= 0.6 is 0 Å². The quantitative estimate of drug-likeness (QED) is 0.586. The maximum Gasteiger partial charge on any atom is 0.420 e. The molecular formula is C23H19F3O3. The van der Waals surface area contributed by atoms with Crippen LogP contribution in [0, 0.1) is 0 Å². The van der Waals surface area contributed by atoms with Crippen molar-refractivity contribution in [1.82, 2.24) is 0 Å². The SMILES string of the molecule is COc1c(C2CCOc3ccccc32)ccc(-c2ccc(O)cc2)c1C(F)(F)F. The van der Waals surface area contributed by atoms with Gasteiger partial charge < -0.3 is 14.6 Å². The fourth-order valence-corrected chi connectivity index (χ4v) is 3.92. The van der Waals surface area contributed by atoms with Crippen LogP contribution in [0.5, 0.6) is 17.2 Å². The van der Waals surface area contributed by atoms with E-state index in [0.29, 0.717) is 29.9 Å². The molecule has 1 unspecified atom stereocenters.